The van der Waals surface area contributed by atoms with Crippen molar-refractivity contribution in [1.29, 1.82) is 0 Å². The molecule has 1 rings (SSSR count). The average Bonchev–Trinajstić information content (AvgIpc) is 2.70. The van der Waals surface area contributed by atoms with Gasteiger partial charge >= 0.3 is 11.9 Å². The Bertz CT molecular complexity index is 592. The standard InChI is InChI=1S/C24H36O4/c1-3-5-6-7-8-9-10-11-12-13-19-27-23(25)17-18-24(26)28-22-16-14-15-21(4-2)20-22/h12-16,20H,3-11,17-19H2,1-2H3/b13-12+. The smallest absolute Gasteiger partial charge is 0.311 e. The van der Waals surface area contributed by atoms with E-state index in [1.165, 1.54) is 44.9 Å². The molecule has 0 fully saturated rings. The van der Waals surface area contributed by atoms with Crippen molar-refractivity contribution < 1.29 is 19.1 Å². The Morgan fingerprint density at radius 1 is 0.893 bits per heavy atom. The predicted octanol–water partition coefficient (Wildman–Crippen LogP) is 6.17. The van der Waals surface area contributed by atoms with Gasteiger partial charge in [0.25, 0.3) is 0 Å². The molecule has 0 radical (unpaired) electrons. The van der Waals surface area contributed by atoms with Gasteiger partial charge in [-0.05, 0) is 37.0 Å². The molecule has 0 heterocycles. The first-order valence-electron chi connectivity index (χ1n) is 10.8. The van der Waals surface area contributed by atoms with Crippen molar-refractivity contribution in [2.45, 2.75) is 84.5 Å². The summed E-state index contributed by atoms with van der Waals surface area (Å²) in [5.41, 5.74) is 1.10. The first-order chi connectivity index (χ1) is 13.7. The number of unbranched alkanes of at least 4 members (excludes halogenated alkanes) is 7. The van der Waals surface area contributed by atoms with Gasteiger partial charge in [-0.3, -0.25) is 9.59 Å². The van der Waals surface area contributed by atoms with Gasteiger partial charge in [-0.15, -0.1) is 0 Å². The second kappa shape index (κ2) is 15.9. The van der Waals surface area contributed by atoms with Gasteiger partial charge in [-0.25, -0.2) is 0 Å². The van der Waals surface area contributed by atoms with Crippen molar-refractivity contribution >= 4 is 11.9 Å². The van der Waals surface area contributed by atoms with Crippen LogP contribution < -0.4 is 4.74 Å². The fraction of sp³-hybridized carbons (Fsp3) is 0.583. The van der Waals surface area contributed by atoms with E-state index in [4.69, 9.17) is 9.47 Å². The maximum atomic E-state index is 11.8. The molecule has 0 unspecified atom stereocenters. The minimum atomic E-state index is -0.417. The first kappa shape index (κ1) is 23.9. The summed E-state index contributed by atoms with van der Waals surface area (Å²) in [5, 5.41) is 0. The molecule has 4 nitrogen and oxygen atoms in total. The van der Waals surface area contributed by atoms with Gasteiger partial charge in [0.05, 0.1) is 12.8 Å². The lowest BCUT2D eigenvalue weighted by Gasteiger charge is -2.06. The zero-order valence-corrected chi connectivity index (χ0v) is 17.6. The summed E-state index contributed by atoms with van der Waals surface area (Å²) in [6.45, 7) is 4.54. The third-order valence-corrected chi connectivity index (χ3v) is 4.55. The predicted molar refractivity (Wildman–Crippen MR) is 113 cm³/mol. The van der Waals surface area contributed by atoms with E-state index in [2.05, 4.69) is 13.0 Å². The molecule has 0 N–H and O–H groups in total. The normalized spacial score (nSPS) is 10.9. The lowest BCUT2D eigenvalue weighted by molar-refractivity contribution is -0.145. The van der Waals surface area contributed by atoms with Crippen LogP contribution in [0.4, 0.5) is 0 Å². The van der Waals surface area contributed by atoms with Gasteiger partial charge in [0.1, 0.15) is 12.4 Å². The molecule has 156 valence electrons. The van der Waals surface area contributed by atoms with Crippen LogP contribution in [0.5, 0.6) is 5.75 Å². The first-order valence-corrected chi connectivity index (χ1v) is 10.8. The van der Waals surface area contributed by atoms with Crippen molar-refractivity contribution in [3.63, 3.8) is 0 Å². The van der Waals surface area contributed by atoms with Gasteiger partial charge in [-0.1, -0.05) is 76.7 Å². The molecular weight excluding hydrogens is 352 g/mol. The van der Waals surface area contributed by atoms with Crippen molar-refractivity contribution in [3.8, 4) is 5.75 Å². The summed E-state index contributed by atoms with van der Waals surface area (Å²) in [7, 11) is 0. The Labute approximate surface area is 170 Å². The molecule has 28 heavy (non-hydrogen) atoms. The lowest BCUT2D eigenvalue weighted by atomic mass is 10.1. The molecule has 0 saturated carbocycles. The number of rotatable bonds is 15. The zero-order valence-electron chi connectivity index (χ0n) is 17.6. The second-order valence-electron chi connectivity index (χ2n) is 7.04. The number of carbonyl (C=O) groups excluding carboxylic acids is 2. The summed E-state index contributed by atoms with van der Waals surface area (Å²) in [4.78, 5) is 23.5. The van der Waals surface area contributed by atoms with Crippen molar-refractivity contribution in [2.75, 3.05) is 6.61 Å². The number of aryl methyl sites for hydroxylation is 1. The van der Waals surface area contributed by atoms with Gasteiger partial charge in [-0.2, -0.15) is 0 Å². The molecule has 0 aliphatic carbocycles. The third-order valence-electron chi connectivity index (χ3n) is 4.55. The van der Waals surface area contributed by atoms with Crippen LogP contribution >= 0.6 is 0 Å². The molecule has 0 aromatic heterocycles. The summed E-state index contributed by atoms with van der Waals surface area (Å²) in [6, 6.07) is 7.42. The van der Waals surface area contributed by atoms with E-state index in [1.54, 1.807) is 6.07 Å². The molecule has 0 amide bonds. The number of ether oxygens (including phenoxy) is 2. The van der Waals surface area contributed by atoms with E-state index in [0.29, 0.717) is 5.75 Å². The van der Waals surface area contributed by atoms with Crippen LogP contribution in [0.15, 0.2) is 36.4 Å². The summed E-state index contributed by atoms with van der Waals surface area (Å²) >= 11 is 0. The maximum absolute atomic E-state index is 11.8. The molecule has 4 heteroatoms. The van der Waals surface area contributed by atoms with Gasteiger partial charge in [0.15, 0.2) is 0 Å². The molecule has 0 aliphatic rings. The number of allylic oxidation sites excluding steroid dienone is 1. The number of carbonyl (C=O) groups is 2. The highest BCUT2D eigenvalue weighted by Crippen LogP contribution is 2.14. The molecule has 1 aromatic carbocycles. The maximum Gasteiger partial charge on any atom is 0.311 e. The van der Waals surface area contributed by atoms with Crippen LogP contribution in [-0.2, 0) is 20.7 Å². The molecule has 0 spiro atoms. The van der Waals surface area contributed by atoms with E-state index < -0.39 is 5.97 Å². The minimum absolute atomic E-state index is 0.0247. The van der Waals surface area contributed by atoms with Crippen LogP contribution in [0.25, 0.3) is 0 Å². The highest BCUT2D eigenvalue weighted by molar-refractivity contribution is 5.79. The second-order valence-corrected chi connectivity index (χ2v) is 7.04. The fourth-order valence-corrected chi connectivity index (χ4v) is 2.83. The number of esters is 2. The van der Waals surface area contributed by atoms with Crippen molar-refractivity contribution in [1.82, 2.24) is 0 Å². The number of benzene rings is 1. The number of hydrogen-bond donors (Lipinski definition) is 0. The summed E-state index contributed by atoms with van der Waals surface area (Å²) < 4.78 is 10.4. The summed E-state index contributed by atoms with van der Waals surface area (Å²) in [6.07, 6.45) is 15.0. The fourth-order valence-electron chi connectivity index (χ4n) is 2.83. The van der Waals surface area contributed by atoms with Crippen LogP contribution in [-0.4, -0.2) is 18.5 Å². The average molecular weight is 389 g/mol. The Morgan fingerprint density at radius 3 is 2.36 bits per heavy atom. The van der Waals surface area contributed by atoms with Gasteiger partial charge in [0, 0.05) is 0 Å². The molecule has 0 atom stereocenters. The molecule has 0 bridgehead atoms. The van der Waals surface area contributed by atoms with Crippen molar-refractivity contribution in [2.24, 2.45) is 0 Å². The quantitative estimate of drug-likeness (QED) is 0.156. The Balaban J connectivity index is 2.04. The topological polar surface area (TPSA) is 52.6 Å². The largest absolute Gasteiger partial charge is 0.461 e. The number of hydrogen-bond acceptors (Lipinski definition) is 4. The zero-order chi connectivity index (χ0) is 20.5. The highest BCUT2D eigenvalue weighted by atomic mass is 16.5. The molecule has 1 aromatic rings. The van der Waals surface area contributed by atoms with Crippen molar-refractivity contribution in [3.05, 3.63) is 42.0 Å². The van der Waals surface area contributed by atoms with Crippen LogP contribution in [0.2, 0.25) is 0 Å². The lowest BCUT2D eigenvalue weighted by Crippen LogP contribution is -2.12. The van der Waals surface area contributed by atoms with E-state index in [-0.39, 0.29) is 25.4 Å². The minimum Gasteiger partial charge on any atom is -0.461 e. The van der Waals surface area contributed by atoms with E-state index in [0.717, 1.165) is 18.4 Å². The molecular formula is C24H36O4. The van der Waals surface area contributed by atoms with E-state index in [9.17, 15) is 9.59 Å². The van der Waals surface area contributed by atoms with E-state index in [1.807, 2.05) is 31.2 Å². The Kier molecular flexibility index (Phi) is 13.6. The highest BCUT2D eigenvalue weighted by Gasteiger charge is 2.10. The monoisotopic (exact) mass is 388 g/mol. The van der Waals surface area contributed by atoms with Gasteiger partial charge in [0.2, 0.25) is 0 Å². The van der Waals surface area contributed by atoms with E-state index >= 15 is 0 Å². The molecule has 0 aliphatic heterocycles. The SMILES string of the molecule is CCCCCCCCC/C=C/COC(=O)CCC(=O)Oc1cccc(CC)c1. The Hall–Kier alpha value is -2.10. The van der Waals surface area contributed by atoms with Crippen LogP contribution in [0, 0.1) is 0 Å². The van der Waals surface area contributed by atoms with Crippen LogP contribution in [0.3, 0.4) is 0 Å². The van der Waals surface area contributed by atoms with Gasteiger partial charge < -0.3 is 9.47 Å². The van der Waals surface area contributed by atoms with Crippen LogP contribution in [0.1, 0.15) is 83.6 Å². The Morgan fingerprint density at radius 2 is 1.61 bits per heavy atom. The summed E-state index contributed by atoms with van der Waals surface area (Å²) in [5.74, 6) is -0.273. The third kappa shape index (κ3) is 12.3. The molecule has 0 saturated heterocycles.